The minimum absolute atomic E-state index is 0.334. The molecular weight excluding hydrogens is 198 g/mol. The molecule has 0 aromatic heterocycles. The van der Waals surface area contributed by atoms with Crippen molar-refractivity contribution in [2.75, 3.05) is 13.2 Å². The van der Waals surface area contributed by atoms with E-state index in [1.807, 2.05) is 0 Å². The normalized spacial score (nSPS) is 11.3. The number of amides is 1. The first-order chi connectivity index (χ1) is 7.10. The Morgan fingerprint density at radius 2 is 2.20 bits per heavy atom. The molecule has 0 bridgehead atoms. The fourth-order valence-electron chi connectivity index (χ4n) is 0.937. The topological polar surface area (TPSA) is 64.6 Å². The number of hydrogen-bond donors (Lipinski definition) is 1. The Hall–Kier alpha value is -1.52. The predicted octanol–water partition coefficient (Wildman–Crippen LogP) is 1.24. The van der Waals surface area contributed by atoms with Crippen molar-refractivity contribution in [3.63, 3.8) is 0 Å². The average molecular weight is 215 g/mol. The Morgan fingerprint density at radius 1 is 1.53 bits per heavy atom. The Balaban J connectivity index is 3.67. The maximum Gasteiger partial charge on any atom is 0.407 e. The van der Waals surface area contributed by atoms with Gasteiger partial charge in [-0.1, -0.05) is 12.7 Å². The van der Waals surface area contributed by atoms with Crippen LogP contribution in [0.3, 0.4) is 0 Å². The number of rotatable bonds is 6. The minimum Gasteiger partial charge on any atom is -0.458 e. The molecule has 5 nitrogen and oxygen atoms in total. The van der Waals surface area contributed by atoms with Gasteiger partial charge in [-0.3, -0.25) is 4.79 Å². The molecule has 0 heterocycles. The third-order valence-electron chi connectivity index (χ3n) is 1.55. The van der Waals surface area contributed by atoms with Crippen LogP contribution in [0.1, 0.15) is 20.3 Å². The summed E-state index contributed by atoms with van der Waals surface area (Å²) in [6, 6.07) is 0. The highest BCUT2D eigenvalue weighted by atomic mass is 16.5. The molecule has 86 valence electrons. The van der Waals surface area contributed by atoms with Gasteiger partial charge in [0.05, 0.1) is 6.61 Å². The Labute approximate surface area is 89.4 Å². The number of hydrogen-bond acceptors (Lipinski definition) is 4. The fraction of sp³-hybridized carbons (Fsp3) is 0.600. The second kappa shape index (κ2) is 7.84. The number of ether oxygens (including phenoxy) is 2. The van der Waals surface area contributed by atoms with Crippen LogP contribution in [0.5, 0.6) is 0 Å². The summed E-state index contributed by atoms with van der Waals surface area (Å²) in [6.07, 6.45) is 1.17. The summed E-state index contributed by atoms with van der Waals surface area (Å²) in [5, 5.41) is 2.52. The molecule has 1 amide bonds. The van der Waals surface area contributed by atoms with Crippen LogP contribution >= 0.6 is 0 Å². The van der Waals surface area contributed by atoms with Gasteiger partial charge in [-0.25, -0.2) is 4.79 Å². The molecule has 0 fully saturated rings. The van der Waals surface area contributed by atoms with E-state index in [1.165, 1.54) is 13.0 Å². The monoisotopic (exact) mass is 215 g/mol. The van der Waals surface area contributed by atoms with Crippen LogP contribution in [0.25, 0.3) is 0 Å². The van der Waals surface area contributed by atoms with Gasteiger partial charge in [0.2, 0.25) is 0 Å². The van der Waals surface area contributed by atoms with Gasteiger partial charge in [-0.15, -0.1) is 0 Å². The maximum absolute atomic E-state index is 10.9. The highest BCUT2D eigenvalue weighted by Gasteiger charge is 2.08. The summed E-state index contributed by atoms with van der Waals surface area (Å²) in [4.78, 5) is 21.5. The predicted molar refractivity (Wildman–Crippen MR) is 55.4 cm³/mol. The Morgan fingerprint density at radius 3 is 2.67 bits per heavy atom. The summed E-state index contributed by atoms with van der Waals surface area (Å²) in [7, 11) is 0. The summed E-state index contributed by atoms with van der Waals surface area (Å²) in [5.74, 6) is -0.365. The molecular formula is C10H17NO4. The first-order valence-corrected chi connectivity index (χ1v) is 4.80. The smallest absolute Gasteiger partial charge is 0.407 e. The molecule has 0 radical (unpaired) electrons. The summed E-state index contributed by atoms with van der Waals surface area (Å²) < 4.78 is 9.55. The Bertz CT molecular complexity index is 227. The van der Waals surface area contributed by atoms with Crippen molar-refractivity contribution in [2.45, 2.75) is 26.4 Å². The van der Waals surface area contributed by atoms with E-state index >= 15 is 0 Å². The molecule has 0 spiro atoms. The molecule has 0 aliphatic heterocycles. The largest absolute Gasteiger partial charge is 0.458 e. The molecule has 0 aromatic carbocycles. The highest BCUT2D eigenvalue weighted by Crippen LogP contribution is 1.99. The van der Waals surface area contributed by atoms with Gasteiger partial charge in [-0.2, -0.15) is 0 Å². The van der Waals surface area contributed by atoms with Crippen molar-refractivity contribution in [3.05, 3.63) is 12.7 Å². The molecule has 1 atom stereocenters. The Kier molecular flexibility index (Phi) is 7.05. The molecule has 15 heavy (non-hydrogen) atoms. The van der Waals surface area contributed by atoms with Crippen LogP contribution in [0.4, 0.5) is 4.79 Å². The zero-order chi connectivity index (χ0) is 11.7. The van der Waals surface area contributed by atoms with Crippen LogP contribution in [0.2, 0.25) is 0 Å². The van der Waals surface area contributed by atoms with E-state index in [4.69, 9.17) is 4.74 Å². The van der Waals surface area contributed by atoms with Gasteiger partial charge in [0.1, 0.15) is 6.10 Å². The van der Waals surface area contributed by atoms with E-state index < -0.39 is 6.09 Å². The molecule has 0 saturated carbocycles. The molecule has 0 aromatic rings. The van der Waals surface area contributed by atoms with Crippen molar-refractivity contribution in [3.8, 4) is 0 Å². The lowest BCUT2D eigenvalue weighted by atomic mass is 10.2. The van der Waals surface area contributed by atoms with Gasteiger partial charge >= 0.3 is 12.1 Å². The van der Waals surface area contributed by atoms with E-state index in [0.29, 0.717) is 19.6 Å². The summed E-state index contributed by atoms with van der Waals surface area (Å²) >= 11 is 0. The van der Waals surface area contributed by atoms with Crippen LogP contribution < -0.4 is 5.32 Å². The van der Waals surface area contributed by atoms with Crippen LogP contribution in [0.15, 0.2) is 12.7 Å². The van der Waals surface area contributed by atoms with Crippen molar-refractivity contribution < 1.29 is 19.1 Å². The zero-order valence-electron chi connectivity index (χ0n) is 9.12. The van der Waals surface area contributed by atoms with E-state index in [1.54, 1.807) is 6.92 Å². The van der Waals surface area contributed by atoms with Gasteiger partial charge in [-0.05, 0) is 6.92 Å². The van der Waals surface area contributed by atoms with Crippen LogP contribution in [0, 0.1) is 0 Å². The summed E-state index contributed by atoms with van der Waals surface area (Å²) in [6.45, 7) is 7.29. The average Bonchev–Trinajstić information content (AvgIpc) is 2.16. The third kappa shape index (κ3) is 7.54. The lowest BCUT2D eigenvalue weighted by molar-refractivity contribution is -0.144. The molecule has 0 rings (SSSR count). The van der Waals surface area contributed by atoms with E-state index in [0.717, 1.165) is 0 Å². The minimum atomic E-state index is -0.469. The number of carbonyl (C=O) groups is 2. The van der Waals surface area contributed by atoms with Crippen molar-refractivity contribution in [1.82, 2.24) is 5.32 Å². The van der Waals surface area contributed by atoms with E-state index in [9.17, 15) is 9.59 Å². The maximum atomic E-state index is 10.9. The lowest BCUT2D eigenvalue weighted by Gasteiger charge is -2.12. The van der Waals surface area contributed by atoms with Crippen LogP contribution in [-0.4, -0.2) is 31.3 Å². The van der Waals surface area contributed by atoms with Gasteiger partial charge in [0.25, 0.3) is 0 Å². The molecule has 0 aliphatic rings. The summed E-state index contributed by atoms with van der Waals surface area (Å²) in [5.41, 5.74) is 0. The standard InChI is InChI=1S/C10H17NO4/c1-4-9(15-8(3)12)6-7-11-10(13)14-5-2/h4,9H,1,5-7H2,2-3H3,(H,11,13). The van der Waals surface area contributed by atoms with E-state index in [-0.39, 0.29) is 12.1 Å². The van der Waals surface area contributed by atoms with Crippen LogP contribution in [-0.2, 0) is 14.3 Å². The second-order valence-electron chi connectivity index (χ2n) is 2.82. The quantitative estimate of drug-likeness (QED) is 0.535. The molecule has 0 aliphatic carbocycles. The van der Waals surface area contributed by atoms with Gasteiger partial charge < -0.3 is 14.8 Å². The first kappa shape index (κ1) is 13.5. The first-order valence-electron chi connectivity index (χ1n) is 4.80. The number of nitrogens with one attached hydrogen (secondary N) is 1. The molecule has 1 N–H and O–H groups in total. The molecule has 5 heteroatoms. The van der Waals surface area contributed by atoms with Gasteiger partial charge in [0, 0.05) is 19.9 Å². The third-order valence-corrected chi connectivity index (χ3v) is 1.55. The fourth-order valence-corrected chi connectivity index (χ4v) is 0.937. The van der Waals surface area contributed by atoms with Crippen molar-refractivity contribution in [1.29, 1.82) is 0 Å². The van der Waals surface area contributed by atoms with E-state index in [2.05, 4.69) is 16.6 Å². The zero-order valence-corrected chi connectivity index (χ0v) is 9.12. The lowest BCUT2D eigenvalue weighted by Crippen LogP contribution is -2.28. The number of esters is 1. The highest BCUT2D eigenvalue weighted by molar-refractivity contribution is 5.67. The molecule has 1 unspecified atom stereocenters. The van der Waals surface area contributed by atoms with Gasteiger partial charge in [0.15, 0.2) is 0 Å². The molecule has 0 saturated heterocycles. The number of alkyl carbamates (subject to hydrolysis) is 1. The SMILES string of the molecule is C=CC(CCNC(=O)OCC)OC(C)=O. The van der Waals surface area contributed by atoms with Crippen molar-refractivity contribution >= 4 is 12.1 Å². The van der Waals surface area contributed by atoms with Crippen molar-refractivity contribution in [2.24, 2.45) is 0 Å². The second-order valence-corrected chi connectivity index (χ2v) is 2.82. The number of carbonyl (C=O) groups excluding carboxylic acids is 2.